The van der Waals surface area contributed by atoms with E-state index in [2.05, 4.69) is 12.2 Å². The number of hydrogen-bond donors (Lipinski definition) is 1. The zero-order valence-corrected chi connectivity index (χ0v) is 21.0. The molecular formula is C27H32N2O4S. The van der Waals surface area contributed by atoms with Gasteiger partial charge < -0.3 is 10.1 Å². The highest BCUT2D eigenvalue weighted by Crippen LogP contribution is 2.28. The zero-order valence-electron chi connectivity index (χ0n) is 20.2. The van der Waals surface area contributed by atoms with Crippen LogP contribution >= 0.6 is 0 Å². The highest BCUT2D eigenvalue weighted by atomic mass is 32.2. The Bertz CT molecular complexity index is 1220. The standard InChI is InChI=1S/C27H32N2O4S/c1-5-23-11-13-24(14-12-23)33-18-17-28-27(30)19-29(26-8-6-7-21(3)22(26)4)34(31,32)25-15-9-20(2)10-16-25/h6-16H,5,17-19H2,1-4H3,(H,28,30). The molecule has 0 aliphatic rings. The Kier molecular flexibility index (Phi) is 8.34. The van der Waals surface area contributed by atoms with Crippen LogP contribution in [0.2, 0.25) is 0 Å². The van der Waals surface area contributed by atoms with Crippen LogP contribution in [0.4, 0.5) is 5.69 Å². The van der Waals surface area contributed by atoms with E-state index < -0.39 is 15.9 Å². The third-order valence-electron chi connectivity index (χ3n) is 5.77. The molecule has 0 aromatic heterocycles. The second kappa shape index (κ2) is 11.2. The van der Waals surface area contributed by atoms with E-state index in [1.807, 2.05) is 51.1 Å². The highest BCUT2D eigenvalue weighted by Gasteiger charge is 2.28. The maximum absolute atomic E-state index is 13.5. The summed E-state index contributed by atoms with van der Waals surface area (Å²) < 4.78 is 33.9. The van der Waals surface area contributed by atoms with Crippen molar-refractivity contribution in [2.75, 3.05) is 24.0 Å². The van der Waals surface area contributed by atoms with Crippen LogP contribution in [0.15, 0.2) is 71.6 Å². The first kappa shape index (κ1) is 25.3. The first-order valence-corrected chi connectivity index (χ1v) is 12.8. The number of ether oxygens (including phenoxy) is 1. The lowest BCUT2D eigenvalue weighted by Gasteiger charge is -2.26. The third kappa shape index (κ3) is 6.17. The van der Waals surface area contributed by atoms with Crippen LogP contribution in [-0.2, 0) is 21.2 Å². The summed E-state index contributed by atoms with van der Waals surface area (Å²) in [6, 6.07) is 19.9. The number of aryl methyl sites for hydroxylation is 3. The van der Waals surface area contributed by atoms with E-state index >= 15 is 0 Å². The fourth-order valence-corrected chi connectivity index (χ4v) is 4.99. The van der Waals surface area contributed by atoms with Crippen LogP contribution in [0.25, 0.3) is 0 Å². The summed E-state index contributed by atoms with van der Waals surface area (Å²) in [5.41, 5.74) is 4.43. The lowest BCUT2D eigenvalue weighted by molar-refractivity contribution is -0.119. The van der Waals surface area contributed by atoms with Crippen LogP contribution < -0.4 is 14.4 Å². The van der Waals surface area contributed by atoms with Crippen molar-refractivity contribution in [2.24, 2.45) is 0 Å². The Labute approximate surface area is 202 Å². The molecule has 34 heavy (non-hydrogen) atoms. The molecule has 0 saturated carbocycles. The largest absolute Gasteiger partial charge is 0.492 e. The molecule has 3 aromatic rings. The summed E-state index contributed by atoms with van der Waals surface area (Å²) in [5.74, 6) is 0.326. The maximum atomic E-state index is 13.5. The number of benzene rings is 3. The Morgan fingerprint density at radius 3 is 2.26 bits per heavy atom. The van der Waals surface area contributed by atoms with Gasteiger partial charge in [0.1, 0.15) is 18.9 Å². The normalized spacial score (nSPS) is 11.2. The van der Waals surface area contributed by atoms with E-state index in [0.717, 1.165) is 28.9 Å². The molecule has 0 bridgehead atoms. The molecule has 0 saturated heterocycles. The molecule has 3 aromatic carbocycles. The molecule has 0 unspecified atom stereocenters. The SMILES string of the molecule is CCc1ccc(OCCNC(=O)CN(c2cccc(C)c2C)S(=O)(=O)c2ccc(C)cc2)cc1. The molecule has 1 amide bonds. The number of sulfonamides is 1. The smallest absolute Gasteiger partial charge is 0.264 e. The average molecular weight is 481 g/mol. The molecular weight excluding hydrogens is 448 g/mol. The van der Waals surface area contributed by atoms with Crippen molar-refractivity contribution in [3.63, 3.8) is 0 Å². The number of anilines is 1. The van der Waals surface area contributed by atoms with Gasteiger partial charge in [-0.3, -0.25) is 9.10 Å². The first-order chi connectivity index (χ1) is 16.2. The molecule has 0 atom stereocenters. The number of hydrogen-bond acceptors (Lipinski definition) is 4. The minimum absolute atomic E-state index is 0.144. The van der Waals surface area contributed by atoms with Gasteiger partial charge in [-0.2, -0.15) is 0 Å². The van der Waals surface area contributed by atoms with Crippen LogP contribution in [0.1, 0.15) is 29.2 Å². The number of nitrogens with one attached hydrogen (secondary N) is 1. The van der Waals surface area contributed by atoms with Crippen LogP contribution in [0.5, 0.6) is 5.75 Å². The van der Waals surface area contributed by atoms with Crippen molar-refractivity contribution in [1.82, 2.24) is 5.32 Å². The van der Waals surface area contributed by atoms with Crippen molar-refractivity contribution in [3.05, 3.63) is 89.0 Å². The minimum atomic E-state index is -3.94. The fraction of sp³-hybridized carbons (Fsp3) is 0.296. The van der Waals surface area contributed by atoms with E-state index in [9.17, 15) is 13.2 Å². The molecule has 0 heterocycles. The van der Waals surface area contributed by atoms with Crippen LogP contribution in [0, 0.1) is 20.8 Å². The molecule has 1 N–H and O–H groups in total. The lowest BCUT2D eigenvalue weighted by atomic mass is 10.1. The first-order valence-electron chi connectivity index (χ1n) is 11.4. The van der Waals surface area contributed by atoms with Crippen molar-refractivity contribution in [2.45, 2.75) is 39.0 Å². The van der Waals surface area contributed by atoms with Crippen molar-refractivity contribution in [3.8, 4) is 5.75 Å². The summed E-state index contributed by atoms with van der Waals surface area (Å²) >= 11 is 0. The van der Waals surface area contributed by atoms with E-state index in [1.54, 1.807) is 36.4 Å². The molecule has 0 fully saturated rings. The summed E-state index contributed by atoms with van der Waals surface area (Å²) in [7, 11) is -3.94. The molecule has 180 valence electrons. The van der Waals surface area contributed by atoms with Crippen LogP contribution in [-0.4, -0.2) is 34.0 Å². The van der Waals surface area contributed by atoms with Gasteiger partial charge in [0, 0.05) is 0 Å². The molecule has 3 rings (SSSR count). The highest BCUT2D eigenvalue weighted by molar-refractivity contribution is 7.92. The van der Waals surface area contributed by atoms with Gasteiger partial charge >= 0.3 is 0 Å². The van der Waals surface area contributed by atoms with Crippen molar-refractivity contribution < 1.29 is 17.9 Å². The van der Waals surface area contributed by atoms with Gasteiger partial charge in [-0.05, 0) is 74.2 Å². The monoisotopic (exact) mass is 480 g/mol. The van der Waals surface area contributed by atoms with Crippen molar-refractivity contribution in [1.29, 1.82) is 0 Å². The average Bonchev–Trinajstić information content (AvgIpc) is 2.83. The minimum Gasteiger partial charge on any atom is -0.492 e. The molecule has 0 aliphatic heterocycles. The van der Waals surface area contributed by atoms with E-state index in [0.29, 0.717) is 5.69 Å². The van der Waals surface area contributed by atoms with Crippen molar-refractivity contribution >= 4 is 21.6 Å². The second-order valence-corrected chi connectivity index (χ2v) is 10.1. The fourth-order valence-electron chi connectivity index (χ4n) is 3.51. The molecule has 7 heteroatoms. The van der Waals surface area contributed by atoms with Gasteiger partial charge in [0.15, 0.2) is 0 Å². The van der Waals surface area contributed by atoms with Gasteiger partial charge in [-0.15, -0.1) is 0 Å². The second-order valence-electron chi connectivity index (χ2n) is 8.24. The van der Waals surface area contributed by atoms with Crippen LogP contribution in [0.3, 0.4) is 0 Å². The van der Waals surface area contributed by atoms with E-state index in [-0.39, 0.29) is 24.6 Å². The number of nitrogens with zero attached hydrogens (tertiary/aromatic N) is 1. The summed E-state index contributed by atoms with van der Waals surface area (Å²) in [5, 5.41) is 2.77. The van der Waals surface area contributed by atoms with Gasteiger partial charge in [-0.1, -0.05) is 48.9 Å². The lowest BCUT2D eigenvalue weighted by Crippen LogP contribution is -2.42. The molecule has 0 spiro atoms. The number of rotatable bonds is 10. The predicted molar refractivity (Wildman–Crippen MR) is 136 cm³/mol. The van der Waals surface area contributed by atoms with Gasteiger partial charge in [0.25, 0.3) is 10.0 Å². The Morgan fingerprint density at radius 2 is 1.62 bits per heavy atom. The number of carbonyl (C=O) groups excluding carboxylic acids is 1. The summed E-state index contributed by atoms with van der Waals surface area (Å²) in [4.78, 5) is 12.9. The van der Waals surface area contributed by atoms with Gasteiger partial charge in [-0.25, -0.2) is 8.42 Å². The number of amides is 1. The topological polar surface area (TPSA) is 75.7 Å². The molecule has 0 radical (unpaired) electrons. The number of carbonyl (C=O) groups is 1. The zero-order chi connectivity index (χ0) is 24.7. The summed E-state index contributed by atoms with van der Waals surface area (Å²) in [6.07, 6.45) is 0.957. The third-order valence-corrected chi connectivity index (χ3v) is 7.54. The van der Waals surface area contributed by atoms with Gasteiger partial charge in [0.2, 0.25) is 5.91 Å². The maximum Gasteiger partial charge on any atom is 0.264 e. The molecule has 0 aliphatic carbocycles. The molecule has 6 nitrogen and oxygen atoms in total. The Balaban J connectivity index is 1.72. The summed E-state index contributed by atoms with van der Waals surface area (Å²) in [6.45, 7) is 7.98. The Hall–Kier alpha value is -3.32. The van der Waals surface area contributed by atoms with Gasteiger partial charge in [0.05, 0.1) is 17.1 Å². The van der Waals surface area contributed by atoms with E-state index in [1.165, 1.54) is 9.87 Å². The predicted octanol–water partition coefficient (Wildman–Crippen LogP) is 4.56. The Morgan fingerprint density at radius 1 is 0.941 bits per heavy atom. The quantitative estimate of drug-likeness (QED) is 0.432. The van der Waals surface area contributed by atoms with E-state index in [4.69, 9.17) is 4.74 Å².